The van der Waals surface area contributed by atoms with Crippen molar-refractivity contribution in [1.29, 1.82) is 0 Å². The van der Waals surface area contributed by atoms with Crippen LogP contribution < -0.4 is 5.32 Å². The molecule has 2 heterocycles. The van der Waals surface area contributed by atoms with Crippen molar-refractivity contribution < 1.29 is 19.1 Å². The van der Waals surface area contributed by atoms with Crippen LogP contribution in [0.3, 0.4) is 0 Å². The third kappa shape index (κ3) is 5.46. The van der Waals surface area contributed by atoms with Gasteiger partial charge in [0.25, 0.3) is 0 Å². The molecular formula is C21H35N3O4. The normalized spacial score (nSPS) is 24.6. The van der Waals surface area contributed by atoms with Crippen molar-refractivity contribution in [1.82, 2.24) is 15.1 Å². The van der Waals surface area contributed by atoms with Crippen LogP contribution in [-0.4, -0.2) is 74.0 Å². The monoisotopic (exact) mass is 393 g/mol. The molecule has 0 radical (unpaired) electrons. The molecule has 2 aliphatic heterocycles. The van der Waals surface area contributed by atoms with Gasteiger partial charge >= 0.3 is 0 Å². The predicted octanol–water partition coefficient (Wildman–Crippen LogP) is 1.42. The molecule has 158 valence electrons. The first-order chi connectivity index (χ1) is 13.6. The number of ether oxygens (including phenoxy) is 1. The zero-order chi connectivity index (χ0) is 19.9. The van der Waals surface area contributed by atoms with Gasteiger partial charge in [-0.05, 0) is 31.6 Å². The van der Waals surface area contributed by atoms with E-state index in [1.807, 2.05) is 9.80 Å². The second-order valence-corrected chi connectivity index (χ2v) is 8.59. The van der Waals surface area contributed by atoms with Crippen LogP contribution in [0.2, 0.25) is 0 Å². The number of carbonyl (C=O) groups excluding carboxylic acids is 3. The summed E-state index contributed by atoms with van der Waals surface area (Å²) in [4.78, 5) is 41.1. The Morgan fingerprint density at radius 3 is 2.46 bits per heavy atom. The number of nitrogens with one attached hydrogen (secondary N) is 1. The minimum atomic E-state index is -0.252. The van der Waals surface area contributed by atoms with Crippen LogP contribution in [0.25, 0.3) is 0 Å². The Morgan fingerprint density at radius 1 is 1.07 bits per heavy atom. The fourth-order valence-electron chi connectivity index (χ4n) is 4.80. The van der Waals surface area contributed by atoms with Crippen molar-refractivity contribution >= 4 is 17.7 Å². The second-order valence-electron chi connectivity index (χ2n) is 8.59. The highest BCUT2D eigenvalue weighted by atomic mass is 16.5. The Hall–Kier alpha value is -1.63. The topological polar surface area (TPSA) is 79.0 Å². The Kier molecular flexibility index (Phi) is 7.71. The first-order valence-electron chi connectivity index (χ1n) is 10.9. The number of hydrogen-bond donors (Lipinski definition) is 1. The molecule has 1 unspecified atom stereocenters. The van der Waals surface area contributed by atoms with E-state index in [0.717, 1.165) is 38.8 Å². The zero-order valence-corrected chi connectivity index (χ0v) is 17.2. The van der Waals surface area contributed by atoms with Gasteiger partial charge in [-0.25, -0.2) is 0 Å². The molecule has 1 aliphatic carbocycles. The van der Waals surface area contributed by atoms with Gasteiger partial charge in [-0.15, -0.1) is 0 Å². The summed E-state index contributed by atoms with van der Waals surface area (Å²) in [5.74, 6) is 0.784. The van der Waals surface area contributed by atoms with E-state index >= 15 is 0 Å². The lowest BCUT2D eigenvalue weighted by molar-refractivity contribution is -0.138. The number of likely N-dealkylation sites (tertiary alicyclic amines) is 2. The van der Waals surface area contributed by atoms with Gasteiger partial charge in [0.2, 0.25) is 17.7 Å². The molecule has 0 spiro atoms. The van der Waals surface area contributed by atoms with Crippen LogP contribution in [0, 0.1) is 17.8 Å². The van der Waals surface area contributed by atoms with Gasteiger partial charge in [0.15, 0.2) is 0 Å². The maximum absolute atomic E-state index is 12.7. The van der Waals surface area contributed by atoms with Crippen LogP contribution in [0.5, 0.6) is 0 Å². The predicted molar refractivity (Wildman–Crippen MR) is 105 cm³/mol. The van der Waals surface area contributed by atoms with Crippen molar-refractivity contribution in [3.63, 3.8) is 0 Å². The summed E-state index contributed by atoms with van der Waals surface area (Å²) in [6.45, 7) is 3.80. The molecule has 3 fully saturated rings. The summed E-state index contributed by atoms with van der Waals surface area (Å²) < 4.78 is 4.94. The molecule has 1 saturated carbocycles. The minimum Gasteiger partial charge on any atom is -0.383 e. The highest BCUT2D eigenvalue weighted by Crippen LogP contribution is 2.28. The average Bonchev–Trinajstić information content (AvgIpc) is 3.09. The van der Waals surface area contributed by atoms with Crippen molar-refractivity contribution in [2.75, 3.05) is 46.4 Å². The van der Waals surface area contributed by atoms with Gasteiger partial charge < -0.3 is 19.9 Å². The van der Waals surface area contributed by atoms with Crippen LogP contribution in [0.4, 0.5) is 0 Å². The number of piperidine rings is 1. The van der Waals surface area contributed by atoms with Crippen LogP contribution >= 0.6 is 0 Å². The number of hydrogen-bond acceptors (Lipinski definition) is 4. The molecule has 28 heavy (non-hydrogen) atoms. The number of carbonyl (C=O) groups is 3. The molecule has 2 saturated heterocycles. The first kappa shape index (κ1) is 21.1. The Bertz CT molecular complexity index is 554. The Morgan fingerprint density at radius 2 is 1.79 bits per heavy atom. The molecule has 0 bridgehead atoms. The van der Waals surface area contributed by atoms with Crippen molar-refractivity contribution in [2.45, 2.75) is 51.4 Å². The summed E-state index contributed by atoms with van der Waals surface area (Å²) in [5.41, 5.74) is 0. The zero-order valence-electron chi connectivity index (χ0n) is 17.2. The van der Waals surface area contributed by atoms with E-state index in [9.17, 15) is 14.4 Å². The van der Waals surface area contributed by atoms with Crippen molar-refractivity contribution in [3.05, 3.63) is 0 Å². The molecule has 0 aromatic heterocycles. The van der Waals surface area contributed by atoms with Crippen molar-refractivity contribution in [3.8, 4) is 0 Å². The quantitative estimate of drug-likeness (QED) is 0.664. The Balaban J connectivity index is 1.40. The molecule has 7 heteroatoms. The average molecular weight is 394 g/mol. The third-order valence-electron chi connectivity index (χ3n) is 6.55. The summed E-state index contributed by atoms with van der Waals surface area (Å²) in [7, 11) is 1.60. The fraction of sp³-hybridized carbons (Fsp3) is 0.857. The number of amides is 3. The van der Waals surface area contributed by atoms with Gasteiger partial charge in [-0.3, -0.25) is 14.4 Å². The van der Waals surface area contributed by atoms with E-state index in [4.69, 9.17) is 4.74 Å². The molecule has 3 rings (SSSR count). The molecule has 1 N–H and O–H groups in total. The SMILES string of the molecule is COCCNC(=O)C1CC(=O)N(CC2CCN(C(=O)C3CCCCC3)CC2)C1. The van der Waals surface area contributed by atoms with Gasteiger partial charge in [0.05, 0.1) is 12.5 Å². The van der Waals surface area contributed by atoms with Gasteiger partial charge in [-0.2, -0.15) is 0 Å². The first-order valence-corrected chi connectivity index (χ1v) is 10.9. The minimum absolute atomic E-state index is 0.0548. The van der Waals surface area contributed by atoms with Crippen LogP contribution in [0.15, 0.2) is 0 Å². The molecule has 0 aromatic carbocycles. The molecule has 1 atom stereocenters. The summed E-state index contributed by atoms with van der Waals surface area (Å²) in [6.07, 6.45) is 7.94. The van der Waals surface area contributed by atoms with E-state index in [1.54, 1.807) is 7.11 Å². The van der Waals surface area contributed by atoms with E-state index in [1.165, 1.54) is 19.3 Å². The molecule has 3 amide bonds. The molecule has 0 aromatic rings. The highest BCUT2D eigenvalue weighted by molar-refractivity contribution is 5.89. The van der Waals surface area contributed by atoms with Gasteiger partial charge in [0.1, 0.15) is 0 Å². The number of methoxy groups -OCH3 is 1. The Labute approximate surface area is 168 Å². The lowest BCUT2D eigenvalue weighted by atomic mass is 9.87. The number of rotatable bonds is 7. The highest BCUT2D eigenvalue weighted by Gasteiger charge is 2.36. The second kappa shape index (κ2) is 10.2. The summed E-state index contributed by atoms with van der Waals surface area (Å²) in [6, 6.07) is 0. The summed E-state index contributed by atoms with van der Waals surface area (Å²) >= 11 is 0. The van der Waals surface area contributed by atoms with Crippen LogP contribution in [0.1, 0.15) is 51.4 Å². The van der Waals surface area contributed by atoms with Gasteiger partial charge in [-0.1, -0.05) is 19.3 Å². The number of nitrogens with zero attached hydrogens (tertiary/aromatic N) is 2. The van der Waals surface area contributed by atoms with Crippen molar-refractivity contribution in [2.24, 2.45) is 17.8 Å². The third-order valence-corrected chi connectivity index (χ3v) is 6.55. The largest absolute Gasteiger partial charge is 0.383 e. The molecular weight excluding hydrogens is 358 g/mol. The van der Waals surface area contributed by atoms with E-state index < -0.39 is 0 Å². The standard InChI is InChI=1S/C21H35N3O4/c1-28-12-9-22-20(26)18-13-19(25)24(15-18)14-16-7-10-23(11-8-16)21(27)17-5-3-2-4-6-17/h16-18H,2-15H2,1H3,(H,22,26). The maximum Gasteiger partial charge on any atom is 0.225 e. The molecule has 3 aliphatic rings. The van der Waals surface area contributed by atoms with E-state index in [-0.39, 0.29) is 23.7 Å². The maximum atomic E-state index is 12.7. The molecule has 7 nitrogen and oxygen atoms in total. The smallest absolute Gasteiger partial charge is 0.225 e. The fourth-order valence-corrected chi connectivity index (χ4v) is 4.80. The van der Waals surface area contributed by atoms with E-state index in [2.05, 4.69) is 5.32 Å². The van der Waals surface area contributed by atoms with Crippen LogP contribution in [-0.2, 0) is 19.1 Å². The lowest BCUT2D eigenvalue weighted by Gasteiger charge is -2.36. The summed E-state index contributed by atoms with van der Waals surface area (Å²) in [5, 5.41) is 2.83. The lowest BCUT2D eigenvalue weighted by Crippen LogP contribution is -2.44. The van der Waals surface area contributed by atoms with Gasteiger partial charge in [0, 0.05) is 52.2 Å². The van der Waals surface area contributed by atoms with E-state index in [0.29, 0.717) is 44.5 Å².